The number of benzene rings is 5. The van der Waals surface area contributed by atoms with E-state index in [1.807, 2.05) is 30.3 Å². The summed E-state index contributed by atoms with van der Waals surface area (Å²) in [6.07, 6.45) is 4.06. The number of ether oxygens (including phenoxy) is 6. The molecule has 0 amide bonds. The molecule has 1 aromatic heterocycles. The second-order valence-electron chi connectivity index (χ2n) is 15.1. The molecule has 5 aromatic carbocycles. The SMILES string of the molecule is C=CC(=O)OCC(C)(C)Oc1ccc(C(=O)OCCc2ccc(OC(=O)c3ccc(OCC(C)(C)OC(=O)C=C)cc3)c(/C=N/Nc3nc4c(ccc5ccccc54)s3)c2)cc1. The van der Waals surface area contributed by atoms with Crippen molar-refractivity contribution in [2.45, 2.75) is 45.3 Å². The van der Waals surface area contributed by atoms with E-state index in [0.717, 1.165) is 38.7 Å². The maximum atomic E-state index is 13.4. The van der Waals surface area contributed by atoms with Crippen LogP contribution in [0.3, 0.4) is 0 Å². The molecule has 0 aliphatic rings. The number of fused-ring (bicyclic) bond motifs is 3. The molecule has 0 saturated heterocycles. The van der Waals surface area contributed by atoms with Gasteiger partial charge >= 0.3 is 23.9 Å². The Labute approximate surface area is 362 Å². The predicted octanol–water partition coefficient (Wildman–Crippen LogP) is 9.29. The minimum atomic E-state index is -0.904. The van der Waals surface area contributed by atoms with Gasteiger partial charge in [0.25, 0.3) is 0 Å². The van der Waals surface area contributed by atoms with Crippen LogP contribution in [0, 0.1) is 0 Å². The van der Waals surface area contributed by atoms with Crippen LogP contribution in [-0.4, -0.2) is 66.1 Å². The van der Waals surface area contributed by atoms with Crippen molar-refractivity contribution in [3.63, 3.8) is 0 Å². The molecule has 1 N–H and O–H groups in total. The zero-order chi connectivity index (χ0) is 44.3. The van der Waals surface area contributed by atoms with Crippen molar-refractivity contribution in [2.75, 3.05) is 25.2 Å². The summed E-state index contributed by atoms with van der Waals surface area (Å²) in [7, 11) is 0. The van der Waals surface area contributed by atoms with Crippen molar-refractivity contribution in [2.24, 2.45) is 5.10 Å². The minimum absolute atomic E-state index is 0.0126. The number of hydrazone groups is 1. The van der Waals surface area contributed by atoms with Crippen LogP contribution >= 0.6 is 11.3 Å². The fourth-order valence-electron chi connectivity index (χ4n) is 5.92. The largest absolute Gasteiger partial charge is 0.489 e. The number of hydrogen-bond donors (Lipinski definition) is 1. The molecule has 62 heavy (non-hydrogen) atoms. The molecular formula is C48H45N3O10S. The number of carbonyl (C=O) groups is 4. The Morgan fingerprint density at radius 3 is 2.18 bits per heavy atom. The molecule has 0 unspecified atom stereocenters. The maximum absolute atomic E-state index is 13.4. The van der Waals surface area contributed by atoms with Crippen molar-refractivity contribution in [1.29, 1.82) is 0 Å². The van der Waals surface area contributed by atoms with Crippen molar-refractivity contribution in [1.82, 2.24) is 4.98 Å². The Kier molecular flexibility index (Phi) is 14.1. The molecular weight excluding hydrogens is 811 g/mol. The number of esters is 4. The summed E-state index contributed by atoms with van der Waals surface area (Å²) < 4.78 is 34.6. The van der Waals surface area contributed by atoms with Gasteiger partial charge in [0.15, 0.2) is 0 Å². The Morgan fingerprint density at radius 2 is 1.45 bits per heavy atom. The summed E-state index contributed by atoms with van der Waals surface area (Å²) in [6, 6.07) is 30.2. The highest BCUT2D eigenvalue weighted by Gasteiger charge is 2.24. The maximum Gasteiger partial charge on any atom is 0.343 e. The zero-order valence-corrected chi connectivity index (χ0v) is 35.5. The van der Waals surface area contributed by atoms with Gasteiger partial charge in [0.1, 0.15) is 41.7 Å². The number of nitrogens with one attached hydrogen (secondary N) is 1. The summed E-state index contributed by atoms with van der Waals surface area (Å²) in [5, 5.41) is 7.15. The molecule has 14 heteroatoms. The number of hydrogen-bond acceptors (Lipinski definition) is 14. The van der Waals surface area contributed by atoms with E-state index in [2.05, 4.69) is 29.8 Å². The Hall–Kier alpha value is -7.32. The number of rotatable bonds is 19. The Morgan fingerprint density at radius 1 is 0.758 bits per heavy atom. The normalized spacial score (nSPS) is 11.5. The first-order chi connectivity index (χ1) is 29.7. The Balaban J connectivity index is 1.12. The van der Waals surface area contributed by atoms with E-state index < -0.39 is 35.1 Å². The van der Waals surface area contributed by atoms with Gasteiger partial charge in [0, 0.05) is 29.5 Å². The fraction of sp³-hybridized carbons (Fsp3) is 0.208. The van der Waals surface area contributed by atoms with Crippen molar-refractivity contribution >= 4 is 67.5 Å². The summed E-state index contributed by atoms with van der Waals surface area (Å²) in [5.74, 6) is -1.05. The first-order valence-electron chi connectivity index (χ1n) is 19.5. The highest BCUT2D eigenvalue weighted by atomic mass is 32.1. The molecule has 0 spiro atoms. The van der Waals surface area contributed by atoms with Gasteiger partial charge in [-0.25, -0.2) is 24.2 Å². The van der Waals surface area contributed by atoms with Gasteiger partial charge in [-0.2, -0.15) is 5.10 Å². The Bertz CT molecular complexity index is 2630. The molecule has 0 bridgehead atoms. The van der Waals surface area contributed by atoms with E-state index in [4.69, 9.17) is 33.4 Å². The number of carbonyl (C=O) groups excluding carboxylic acids is 4. The number of thiazole rings is 1. The van der Waals surface area contributed by atoms with E-state index in [1.54, 1.807) is 94.4 Å². The lowest BCUT2D eigenvalue weighted by Crippen LogP contribution is -2.35. The van der Waals surface area contributed by atoms with Gasteiger partial charge < -0.3 is 28.4 Å². The summed E-state index contributed by atoms with van der Waals surface area (Å²) >= 11 is 1.46. The second kappa shape index (κ2) is 19.8. The van der Waals surface area contributed by atoms with Crippen LogP contribution in [0.1, 0.15) is 59.5 Å². The highest BCUT2D eigenvalue weighted by molar-refractivity contribution is 7.22. The summed E-state index contributed by atoms with van der Waals surface area (Å²) in [4.78, 5) is 54.2. The average Bonchev–Trinajstić information content (AvgIpc) is 3.69. The number of anilines is 1. The summed E-state index contributed by atoms with van der Waals surface area (Å²) in [5.41, 5.74) is 4.03. The summed E-state index contributed by atoms with van der Waals surface area (Å²) in [6.45, 7) is 13.9. The van der Waals surface area contributed by atoms with E-state index in [9.17, 15) is 19.2 Å². The van der Waals surface area contributed by atoms with Crippen LogP contribution in [0.15, 0.2) is 134 Å². The quantitative estimate of drug-likeness (QED) is 0.0206. The van der Waals surface area contributed by atoms with E-state index in [1.165, 1.54) is 17.6 Å². The van der Waals surface area contributed by atoms with E-state index in [-0.39, 0.29) is 31.1 Å². The zero-order valence-electron chi connectivity index (χ0n) is 34.7. The van der Waals surface area contributed by atoms with Crippen molar-refractivity contribution < 1.29 is 47.6 Å². The lowest BCUT2D eigenvalue weighted by molar-refractivity contribution is -0.152. The van der Waals surface area contributed by atoms with E-state index in [0.29, 0.717) is 34.2 Å². The first-order valence-corrected chi connectivity index (χ1v) is 20.3. The lowest BCUT2D eigenvalue weighted by Gasteiger charge is -2.25. The van der Waals surface area contributed by atoms with Crippen LogP contribution in [0.4, 0.5) is 5.13 Å². The van der Waals surface area contributed by atoms with Gasteiger partial charge in [0.05, 0.1) is 34.2 Å². The van der Waals surface area contributed by atoms with Crippen LogP contribution in [0.5, 0.6) is 17.2 Å². The number of aromatic nitrogens is 1. The third-order valence-corrected chi connectivity index (χ3v) is 9.91. The lowest BCUT2D eigenvalue weighted by atomic mass is 10.1. The molecule has 0 radical (unpaired) electrons. The third-order valence-electron chi connectivity index (χ3n) is 8.98. The highest BCUT2D eigenvalue weighted by Crippen LogP contribution is 2.32. The minimum Gasteiger partial charge on any atom is -0.489 e. The standard InChI is InChI=1S/C48H45N3O10S/c1-7-41(52)58-30-47(3,4)60-37-21-16-33(17-22-37)44(54)56-26-25-31-13-23-39(59-45(55)34-14-19-36(20-15-34)57-29-48(5,6)61-42(53)8-2)35(27-31)28-49-51-46-50-43-38-12-10-9-11-32(38)18-24-40(43)62-46/h7-24,27-28H,1-2,25-26,29-30H2,3-6H3,(H,50,51)/b49-28+. The predicted molar refractivity (Wildman–Crippen MR) is 238 cm³/mol. The van der Waals surface area contributed by atoms with Gasteiger partial charge in [-0.15, -0.1) is 0 Å². The van der Waals surface area contributed by atoms with Crippen LogP contribution in [-0.2, 0) is 30.2 Å². The van der Waals surface area contributed by atoms with Crippen molar-refractivity contribution in [3.8, 4) is 17.2 Å². The molecule has 318 valence electrons. The molecule has 0 fully saturated rings. The van der Waals surface area contributed by atoms with Gasteiger partial charge in [-0.1, -0.05) is 60.9 Å². The van der Waals surface area contributed by atoms with Crippen LogP contribution in [0.25, 0.3) is 21.0 Å². The second-order valence-corrected chi connectivity index (χ2v) is 16.1. The molecule has 0 aliphatic heterocycles. The molecule has 6 rings (SSSR count). The molecule has 13 nitrogen and oxygen atoms in total. The van der Waals surface area contributed by atoms with Crippen LogP contribution in [0.2, 0.25) is 0 Å². The molecule has 0 saturated carbocycles. The van der Waals surface area contributed by atoms with Crippen LogP contribution < -0.4 is 19.6 Å². The molecule has 0 aliphatic carbocycles. The third kappa shape index (κ3) is 12.1. The van der Waals surface area contributed by atoms with E-state index >= 15 is 0 Å². The van der Waals surface area contributed by atoms with Gasteiger partial charge in [-0.3, -0.25) is 5.43 Å². The molecule has 0 atom stereocenters. The van der Waals surface area contributed by atoms with Gasteiger partial charge in [0.2, 0.25) is 5.13 Å². The fourth-order valence-corrected chi connectivity index (χ4v) is 6.75. The van der Waals surface area contributed by atoms with Crippen molar-refractivity contribution in [3.05, 3.63) is 151 Å². The first kappa shape index (κ1) is 44.2. The van der Waals surface area contributed by atoms with Gasteiger partial charge in [-0.05, 0) is 105 Å². The monoisotopic (exact) mass is 855 g/mol. The number of nitrogens with zero attached hydrogens (tertiary/aromatic N) is 2. The molecule has 1 heterocycles. The molecule has 6 aromatic rings. The topological polar surface area (TPSA) is 161 Å². The smallest absolute Gasteiger partial charge is 0.343 e. The average molecular weight is 856 g/mol.